The van der Waals surface area contributed by atoms with Gasteiger partial charge >= 0.3 is 6.09 Å². The van der Waals surface area contributed by atoms with Crippen LogP contribution in [0.3, 0.4) is 0 Å². The number of carbonyl (C=O) groups is 3. The third kappa shape index (κ3) is 4.97. The van der Waals surface area contributed by atoms with E-state index in [4.69, 9.17) is 9.47 Å². The summed E-state index contributed by atoms with van der Waals surface area (Å²) in [6.45, 7) is 7.43. The summed E-state index contributed by atoms with van der Waals surface area (Å²) in [6, 6.07) is 8.09. The molecular formula is C27H32N2O6S. The second-order valence-electron chi connectivity index (χ2n) is 8.97. The first-order chi connectivity index (χ1) is 17.4. The molecule has 3 heterocycles. The van der Waals surface area contributed by atoms with Crippen molar-refractivity contribution in [3.8, 4) is 5.75 Å². The van der Waals surface area contributed by atoms with Gasteiger partial charge in [-0.3, -0.25) is 9.59 Å². The Labute approximate surface area is 215 Å². The minimum atomic E-state index is -0.692. The zero-order valence-electron chi connectivity index (χ0n) is 20.9. The van der Waals surface area contributed by atoms with E-state index < -0.39 is 17.7 Å². The molecule has 0 radical (unpaired) electrons. The summed E-state index contributed by atoms with van der Waals surface area (Å²) in [7, 11) is 0. The van der Waals surface area contributed by atoms with E-state index in [9.17, 15) is 19.5 Å². The Hall–Kier alpha value is -3.33. The van der Waals surface area contributed by atoms with Crippen molar-refractivity contribution in [3.63, 3.8) is 0 Å². The Balaban J connectivity index is 1.67. The maximum atomic E-state index is 13.3. The van der Waals surface area contributed by atoms with Gasteiger partial charge in [0.25, 0.3) is 11.7 Å². The van der Waals surface area contributed by atoms with E-state index in [-0.39, 0.29) is 23.5 Å². The molecule has 1 aromatic heterocycles. The number of thiophene rings is 1. The fraction of sp³-hybridized carbons (Fsp3) is 0.444. The Morgan fingerprint density at radius 1 is 1.17 bits per heavy atom. The van der Waals surface area contributed by atoms with E-state index >= 15 is 0 Å². The average molecular weight is 513 g/mol. The first-order valence-electron chi connectivity index (χ1n) is 12.4. The molecule has 36 heavy (non-hydrogen) atoms. The number of nitrogens with zero attached hydrogens (tertiary/aromatic N) is 2. The molecule has 1 atom stereocenters. The van der Waals surface area contributed by atoms with Crippen molar-refractivity contribution in [1.29, 1.82) is 0 Å². The standard InChI is InChI=1S/C27H32N2O6S/c1-4-14-35-20-9-8-18(16-17(20)3)24(30)22-23(21-7-6-15-36-21)29(26(32)25(22)31)19-10-12-28(13-11-19)27(33)34-5-2/h6-9,15-16,19,23,30H,4-5,10-14H2,1-3H3/b24-22-. The number of likely N-dealkylation sites (tertiary alicyclic amines) is 2. The van der Waals surface area contributed by atoms with Crippen LogP contribution in [0.25, 0.3) is 5.76 Å². The highest BCUT2D eigenvalue weighted by Crippen LogP contribution is 2.44. The molecule has 4 rings (SSSR count). The van der Waals surface area contributed by atoms with Crippen LogP contribution < -0.4 is 4.74 Å². The lowest BCUT2D eigenvalue weighted by Crippen LogP contribution is -2.48. The van der Waals surface area contributed by atoms with Gasteiger partial charge in [-0.15, -0.1) is 11.3 Å². The molecule has 1 aromatic carbocycles. The van der Waals surface area contributed by atoms with E-state index in [1.807, 2.05) is 31.4 Å². The van der Waals surface area contributed by atoms with Gasteiger partial charge in [-0.25, -0.2) is 4.79 Å². The predicted molar refractivity (Wildman–Crippen MR) is 137 cm³/mol. The number of piperidine rings is 1. The number of aryl methyl sites for hydroxylation is 1. The highest BCUT2D eigenvalue weighted by molar-refractivity contribution is 7.10. The molecule has 2 aliphatic rings. The molecule has 8 nitrogen and oxygen atoms in total. The molecule has 0 saturated carbocycles. The van der Waals surface area contributed by atoms with Gasteiger partial charge in [-0.05, 0) is 68.3 Å². The number of aliphatic hydroxyl groups is 1. The summed E-state index contributed by atoms with van der Waals surface area (Å²) in [5.41, 5.74) is 1.39. The Kier molecular flexibility index (Phi) is 7.98. The van der Waals surface area contributed by atoms with Gasteiger partial charge in [-0.2, -0.15) is 0 Å². The van der Waals surface area contributed by atoms with Crippen molar-refractivity contribution < 1.29 is 29.0 Å². The van der Waals surface area contributed by atoms with Crippen molar-refractivity contribution in [2.24, 2.45) is 0 Å². The zero-order valence-corrected chi connectivity index (χ0v) is 21.7. The van der Waals surface area contributed by atoms with Gasteiger partial charge in [-0.1, -0.05) is 13.0 Å². The molecule has 2 saturated heterocycles. The van der Waals surface area contributed by atoms with Crippen molar-refractivity contribution in [1.82, 2.24) is 9.80 Å². The number of carbonyl (C=O) groups excluding carboxylic acids is 3. The lowest BCUT2D eigenvalue weighted by molar-refractivity contribution is -0.142. The van der Waals surface area contributed by atoms with Crippen LogP contribution in [0, 0.1) is 6.92 Å². The number of Topliss-reactive ketones (excluding diaryl/α,β-unsaturated/α-hetero) is 1. The number of ether oxygens (including phenoxy) is 2. The molecule has 0 spiro atoms. The Bertz CT molecular complexity index is 1150. The zero-order chi connectivity index (χ0) is 25.8. The monoisotopic (exact) mass is 512 g/mol. The maximum absolute atomic E-state index is 13.3. The van der Waals surface area contributed by atoms with Crippen molar-refractivity contribution in [2.75, 3.05) is 26.3 Å². The topological polar surface area (TPSA) is 96.4 Å². The molecule has 0 bridgehead atoms. The minimum absolute atomic E-state index is 0.0944. The van der Waals surface area contributed by atoms with Crippen LogP contribution in [0.2, 0.25) is 0 Å². The van der Waals surface area contributed by atoms with Crippen LogP contribution in [-0.4, -0.2) is 65.0 Å². The Morgan fingerprint density at radius 2 is 1.92 bits per heavy atom. The minimum Gasteiger partial charge on any atom is -0.507 e. The molecule has 1 unspecified atom stereocenters. The van der Waals surface area contributed by atoms with Crippen LogP contribution >= 0.6 is 11.3 Å². The summed E-state index contributed by atoms with van der Waals surface area (Å²) in [6.07, 6.45) is 1.56. The largest absolute Gasteiger partial charge is 0.507 e. The van der Waals surface area contributed by atoms with Gasteiger partial charge in [0.1, 0.15) is 11.5 Å². The molecule has 2 aliphatic heterocycles. The fourth-order valence-corrected chi connectivity index (χ4v) is 5.65. The summed E-state index contributed by atoms with van der Waals surface area (Å²) < 4.78 is 10.8. The molecule has 192 valence electrons. The van der Waals surface area contributed by atoms with E-state index in [0.29, 0.717) is 44.7 Å². The highest BCUT2D eigenvalue weighted by atomic mass is 32.1. The molecule has 9 heteroatoms. The second kappa shape index (κ2) is 11.2. The molecule has 2 amide bonds. The number of hydrogen-bond donors (Lipinski definition) is 1. The van der Waals surface area contributed by atoms with Gasteiger partial charge in [0.15, 0.2) is 0 Å². The quantitative estimate of drug-likeness (QED) is 0.322. The normalized spacial score (nSPS) is 20.1. The van der Waals surface area contributed by atoms with Gasteiger partial charge in [0.2, 0.25) is 0 Å². The van der Waals surface area contributed by atoms with Crippen LogP contribution in [0.4, 0.5) is 4.79 Å². The molecule has 0 aliphatic carbocycles. The first kappa shape index (κ1) is 25.8. The van der Waals surface area contributed by atoms with E-state index in [1.165, 1.54) is 11.3 Å². The fourth-order valence-electron chi connectivity index (χ4n) is 4.82. The summed E-state index contributed by atoms with van der Waals surface area (Å²) in [5.74, 6) is -0.785. The lowest BCUT2D eigenvalue weighted by atomic mass is 9.97. The van der Waals surface area contributed by atoms with Gasteiger partial charge < -0.3 is 24.4 Å². The number of benzene rings is 1. The Morgan fingerprint density at radius 3 is 2.53 bits per heavy atom. The van der Waals surface area contributed by atoms with Crippen LogP contribution in [0.1, 0.15) is 55.2 Å². The van der Waals surface area contributed by atoms with Crippen molar-refractivity contribution in [2.45, 2.75) is 52.1 Å². The third-order valence-corrected chi connectivity index (χ3v) is 7.51. The lowest BCUT2D eigenvalue weighted by Gasteiger charge is -2.38. The van der Waals surface area contributed by atoms with Crippen LogP contribution in [0.15, 0.2) is 41.3 Å². The van der Waals surface area contributed by atoms with E-state index in [2.05, 4.69) is 0 Å². The molecule has 2 aromatic rings. The molecular weight excluding hydrogens is 480 g/mol. The van der Waals surface area contributed by atoms with Gasteiger partial charge in [0, 0.05) is 29.6 Å². The summed E-state index contributed by atoms with van der Waals surface area (Å²) in [5, 5.41) is 13.2. The predicted octanol–water partition coefficient (Wildman–Crippen LogP) is 4.89. The second-order valence-corrected chi connectivity index (χ2v) is 9.95. The van der Waals surface area contributed by atoms with Crippen molar-refractivity contribution >= 4 is 34.9 Å². The van der Waals surface area contributed by atoms with E-state index in [1.54, 1.807) is 34.9 Å². The third-order valence-electron chi connectivity index (χ3n) is 6.59. The first-order valence-corrected chi connectivity index (χ1v) is 13.2. The van der Waals surface area contributed by atoms with Gasteiger partial charge in [0.05, 0.1) is 24.8 Å². The van der Waals surface area contributed by atoms with E-state index in [0.717, 1.165) is 22.6 Å². The number of hydrogen-bond acceptors (Lipinski definition) is 7. The molecule has 1 N–H and O–H groups in total. The number of ketones is 1. The smallest absolute Gasteiger partial charge is 0.409 e. The SMILES string of the molecule is CCCOc1ccc(/C(O)=C2/C(=O)C(=O)N(C3CCN(C(=O)OCC)CC3)C2c2cccs2)cc1C. The van der Waals surface area contributed by atoms with Crippen LogP contribution in [0.5, 0.6) is 5.75 Å². The summed E-state index contributed by atoms with van der Waals surface area (Å²) >= 11 is 1.44. The maximum Gasteiger partial charge on any atom is 0.409 e. The highest BCUT2D eigenvalue weighted by Gasteiger charge is 2.49. The molecule has 2 fully saturated rings. The average Bonchev–Trinajstić information content (AvgIpc) is 3.50. The summed E-state index contributed by atoms with van der Waals surface area (Å²) in [4.78, 5) is 42.8. The van der Waals surface area contributed by atoms with Crippen LogP contribution in [-0.2, 0) is 14.3 Å². The number of amides is 2. The van der Waals surface area contributed by atoms with Crippen molar-refractivity contribution in [3.05, 3.63) is 57.3 Å². The number of aliphatic hydroxyl groups excluding tert-OH is 1. The number of rotatable bonds is 7.